The summed E-state index contributed by atoms with van der Waals surface area (Å²) in [6, 6.07) is 0. The minimum Gasteiger partial charge on any atom is -0.461 e. The van der Waals surface area contributed by atoms with Gasteiger partial charge in [0.15, 0.2) is 8.32 Å². The second kappa shape index (κ2) is 13.5. The van der Waals surface area contributed by atoms with Gasteiger partial charge in [-0.1, -0.05) is 87.7 Å². The summed E-state index contributed by atoms with van der Waals surface area (Å²) in [5.74, 6) is 1.84. The van der Waals surface area contributed by atoms with E-state index in [1.807, 2.05) is 13.8 Å². The second-order valence-corrected chi connectivity index (χ2v) is 21.1. The molecule has 3 unspecified atom stereocenters. The molecular weight excluding hydrogens is 592 g/mol. The molecule has 6 heteroatoms. The molecule has 0 aromatic rings. The zero-order valence-corrected chi connectivity index (χ0v) is 30.2. The molecule has 4 nitrogen and oxygen atoms in total. The van der Waals surface area contributed by atoms with Crippen LogP contribution in [-0.4, -0.2) is 42.5 Å². The Hall–Kier alpha value is -0.693. The van der Waals surface area contributed by atoms with Gasteiger partial charge in [-0.2, -0.15) is 0 Å². The number of fused-ring (bicyclic) bond motifs is 1. The molecule has 6 atom stereocenters. The van der Waals surface area contributed by atoms with E-state index in [1.54, 1.807) is 5.57 Å². The number of carbonyl (C=O) groups excluding carboxylic acids is 1. The minimum absolute atomic E-state index is 0.0929. The first-order valence-corrected chi connectivity index (χ1v) is 20.2. The lowest BCUT2D eigenvalue weighted by Crippen LogP contribution is -2.46. The molecule has 0 bridgehead atoms. The van der Waals surface area contributed by atoms with E-state index < -0.39 is 13.9 Å². The van der Waals surface area contributed by atoms with Crippen molar-refractivity contribution >= 4 is 30.2 Å². The van der Waals surface area contributed by atoms with Gasteiger partial charge in [0.1, 0.15) is 11.4 Å². The predicted octanol–water partition coefficient (Wildman–Crippen LogP) is 9.68. The molecule has 3 aliphatic rings. The molecule has 3 saturated carbocycles. The smallest absolute Gasteiger partial charge is 0.316 e. The lowest BCUT2D eigenvalue weighted by Gasteiger charge is -2.44. The van der Waals surface area contributed by atoms with Crippen molar-refractivity contribution in [1.29, 1.82) is 0 Å². The molecule has 0 spiro atoms. The Balaban J connectivity index is 1.81. The molecule has 1 N–H and O–H groups in total. The van der Waals surface area contributed by atoms with Crippen LogP contribution in [0.4, 0.5) is 0 Å². The van der Waals surface area contributed by atoms with Crippen molar-refractivity contribution in [2.24, 2.45) is 23.2 Å². The summed E-state index contributed by atoms with van der Waals surface area (Å²) in [6.07, 6.45) is 15.2. The summed E-state index contributed by atoms with van der Waals surface area (Å²) in [7, 11) is -2.03. The van der Waals surface area contributed by atoms with E-state index in [-0.39, 0.29) is 28.5 Å². The highest BCUT2D eigenvalue weighted by Crippen LogP contribution is 2.60. The Morgan fingerprint density at radius 1 is 1.22 bits per heavy atom. The normalized spacial score (nSPS) is 32.3. The number of esters is 1. The van der Waals surface area contributed by atoms with Crippen molar-refractivity contribution in [3.05, 3.63) is 35.5 Å². The van der Waals surface area contributed by atoms with Gasteiger partial charge >= 0.3 is 5.97 Å². The summed E-state index contributed by atoms with van der Waals surface area (Å²) in [4.78, 5) is 12.2. The van der Waals surface area contributed by atoms with Crippen LogP contribution in [0.3, 0.4) is 0 Å². The number of halogens is 1. The first kappa shape index (κ1) is 34.8. The van der Waals surface area contributed by atoms with Crippen molar-refractivity contribution in [2.75, 3.05) is 5.33 Å². The lowest BCUT2D eigenvalue weighted by molar-refractivity contribution is -0.147. The Morgan fingerprint density at radius 2 is 1.90 bits per heavy atom. The maximum atomic E-state index is 12.2. The number of aliphatic hydroxyl groups is 1. The molecule has 0 aromatic heterocycles. The molecule has 0 amide bonds. The molecule has 41 heavy (non-hydrogen) atoms. The van der Waals surface area contributed by atoms with Crippen molar-refractivity contribution in [1.82, 2.24) is 0 Å². The van der Waals surface area contributed by atoms with Crippen LogP contribution in [0.1, 0.15) is 113 Å². The highest BCUT2D eigenvalue weighted by Gasteiger charge is 2.50. The van der Waals surface area contributed by atoms with Crippen LogP contribution in [0.2, 0.25) is 18.1 Å². The number of hydrogen-bond acceptors (Lipinski definition) is 4. The molecule has 0 aromatic carbocycles. The van der Waals surface area contributed by atoms with E-state index in [9.17, 15) is 9.90 Å². The third-order valence-electron chi connectivity index (χ3n) is 11.0. The van der Waals surface area contributed by atoms with Crippen molar-refractivity contribution < 1.29 is 19.1 Å². The Labute approximate surface area is 261 Å². The molecule has 0 heterocycles. The summed E-state index contributed by atoms with van der Waals surface area (Å²) < 4.78 is 12.7. The van der Waals surface area contributed by atoms with Crippen molar-refractivity contribution in [2.45, 2.75) is 149 Å². The first-order chi connectivity index (χ1) is 18.9. The third-order valence-corrected chi connectivity index (χ3v) is 16.0. The van der Waals surface area contributed by atoms with E-state index in [0.717, 1.165) is 24.3 Å². The standard InChI is InChI=1S/C35H59BrO4Si/c1-24(13-11-19-34(6,7)38)29-17-18-30-26(14-12-20-35(29,30)8)15-16-27-21-28(39-32(37)23-36)22-31(25(27)2)40-41(9,10)33(3,4)5/h15-16,24,28-31,38H,2,11-14,17-23H2,1,3-10H3/b26-15+,27-16-/t24-,28+,29+,30?,31?,35?/m0/s1. The quantitative estimate of drug-likeness (QED) is 0.145. The average Bonchev–Trinajstić information content (AvgIpc) is 3.20. The van der Waals surface area contributed by atoms with E-state index in [2.05, 4.69) is 82.4 Å². The van der Waals surface area contributed by atoms with Gasteiger partial charge in [0.2, 0.25) is 0 Å². The largest absolute Gasteiger partial charge is 0.461 e. The maximum absolute atomic E-state index is 12.2. The van der Waals surface area contributed by atoms with E-state index in [0.29, 0.717) is 30.1 Å². The summed E-state index contributed by atoms with van der Waals surface area (Å²) in [5, 5.41) is 10.5. The molecule has 234 valence electrons. The van der Waals surface area contributed by atoms with Gasteiger partial charge < -0.3 is 14.3 Å². The summed E-state index contributed by atoms with van der Waals surface area (Å²) >= 11 is 3.26. The van der Waals surface area contributed by atoms with E-state index >= 15 is 0 Å². The highest BCUT2D eigenvalue weighted by atomic mass is 79.9. The minimum atomic E-state index is -2.03. The summed E-state index contributed by atoms with van der Waals surface area (Å²) in [5.41, 5.74) is 3.59. The monoisotopic (exact) mass is 650 g/mol. The number of hydrogen-bond donors (Lipinski definition) is 1. The predicted molar refractivity (Wildman–Crippen MR) is 178 cm³/mol. The van der Waals surface area contributed by atoms with Gasteiger partial charge in [-0.3, -0.25) is 4.79 Å². The maximum Gasteiger partial charge on any atom is 0.316 e. The van der Waals surface area contributed by atoms with Crippen LogP contribution in [0, 0.1) is 23.2 Å². The van der Waals surface area contributed by atoms with Crippen LogP contribution >= 0.6 is 15.9 Å². The molecule has 0 aliphatic heterocycles. The fourth-order valence-electron chi connectivity index (χ4n) is 7.66. The fraction of sp³-hybridized carbons (Fsp3) is 0.800. The zero-order chi connectivity index (χ0) is 30.8. The topological polar surface area (TPSA) is 55.8 Å². The van der Waals surface area contributed by atoms with Gasteiger partial charge in [0.05, 0.1) is 11.7 Å². The highest BCUT2D eigenvalue weighted by molar-refractivity contribution is 9.09. The van der Waals surface area contributed by atoms with Gasteiger partial charge in [0, 0.05) is 12.8 Å². The molecule has 0 radical (unpaired) electrons. The molecule has 3 aliphatic carbocycles. The lowest BCUT2D eigenvalue weighted by atomic mass is 9.60. The molecule has 3 rings (SSSR count). The Morgan fingerprint density at radius 3 is 2.51 bits per heavy atom. The van der Waals surface area contributed by atoms with Crippen LogP contribution < -0.4 is 0 Å². The number of ether oxygens (including phenoxy) is 1. The SMILES string of the molecule is C=C1/C(=C\C=C2/CCCC3(C)C2CC[C@@H]3[C@@H](C)CCCC(C)(C)O)C[C@@H](OC(=O)CBr)CC1O[Si](C)(C)C(C)(C)C. The number of allylic oxidation sites excluding steroid dienone is 3. The third kappa shape index (κ3) is 8.70. The van der Waals surface area contributed by atoms with Gasteiger partial charge in [-0.25, -0.2) is 0 Å². The van der Waals surface area contributed by atoms with Crippen LogP contribution in [0.25, 0.3) is 0 Å². The summed E-state index contributed by atoms with van der Waals surface area (Å²) in [6.45, 7) is 24.7. The van der Waals surface area contributed by atoms with Crippen LogP contribution in [0.5, 0.6) is 0 Å². The van der Waals surface area contributed by atoms with Crippen LogP contribution in [-0.2, 0) is 14.0 Å². The number of rotatable bonds is 10. The van der Waals surface area contributed by atoms with E-state index in [4.69, 9.17) is 9.16 Å². The fourth-order valence-corrected chi connectivity index (χ4v) is 9.10. The zero-order valence-electron chi connectivity index (χ0n) is 27.6. The average molecular weight is 652 g/mol. The Kier molecular flexibility index (Phi) is 11.5. The van der Waals surface area contributed by atoms with E-state index in [1.165, 1.54) is 44.1 Å². The van der Waals surface area contributed by atoms with Crippen LogP contribution in [0.15, 0.2) is 35.5 Å². The van der Waals surface area contributed by atoms with Gasteiger partial charge in [-0.05, 0) is 105 Å². The molecule has 3 fully saturated rings. The van der Waals surface area contributed by atoms with Gasteiger partial charge in [-0.15, -0.1) is 0 Å². The number of alkyl halides is 1. The second-order valence-electron chi connectivity index (χ2n) is 15.8. The van der Waals surface area contributed by atoms with Crippen molar-refractivity contribution in [3.8, 4) is 0 Å². The molecule has 0 saturated heterocycles. The number of carbonyl (C=O) groups is 1. The van der Waals surface area contributed by atoms with Crippen molar-refractivity contribution in [3.63, 3.8) is 0 Å². The Bertz CT molecular complexity index is 1000. The molecular formula is C35H59BrO4Si. The van der Waals surface area contributed by atoms with Gasteiger partial charge in [0.25, 0.3) is 0 Å². The first-order valence-electron chi connectivity index (χ1n) is 16.1.